The molecule has 1 amide bonds. The van der Waals surface area contributed by atoms with Crippen molar-refractivity contribution in [3.63, 3.8) is 0 Å². The van der Waals surface area contributed by atoms with Crippen LogP contribution in [0.5, 0.6) is 0 Å². The van der Waals surface area contributed by atoms with Crippen molar-refractivity contribution in [3.05, 3.63) is 34.3 Å². The van der Waals surface area contributed by atoms with Crippen LogP contribution in [-0.4, -0.2) is 29.7 Å². The van der Waals surface area contributed by atoms with Crippen molar-refractivity contribution >= 4 is 22.0 Å². The molecule has 1 aliphatic heterocycles. The molecule has 2 aliphatic rings. The number of benzene rings is 1. The van der Waals surface area contributed by atoms with E-state index in [9.17, 15) is 4.79 Å². The van der Waals surface area contributed by atoms with Gasteiger partial charge in [-0.05, 0) is 50.8 Å². The van der Waals surface area contributed by atoms with Crippen molar-refractivity contribution in [2.75, 3.05) is 13.1 Å². The summed E-state index contributed by atoms with van der Waals surface area (Å²) in [6.07, 6.45) is 1.01. The molecule has 2 fully saturated rings. The summed E-state index contributed by atoms with van der Waals surface area (Å²) in [6, 6.07) is 8.50. The van der Waals surface area contributed by atoms with Crippen LogP contribution >= 0.6 is 15.9 Å². The number of piperidine rings is 1. The first-order chi connectivity index (χ1) is 9.30. The van der Waals surface area contributed by atoms with Gasteiger partial charge in [-0.1, -0.05) is 28.1 Å². The zero-order chi connectivity index (χ0) is 14.5. The van der Waals surface area contributed by atoms with Crippen molar-refractivity contribution in [2.45, 2.75) is 38.2 Å². The number of fused-ring (bicyclic) bond motifs is 1. The van der Waals surface area contributed by atoms with Crippen LogP contribution in [0.2, 0.25) is 0 Å². The second-order valence-electron chi connectivity index (χ2n) is 6.92. The minimum atomic E-state index is -0.422. The zero-order valence-electron chi connectivity index (χ0n) is 12.1. The van der Waals surface area contributed by atoms with E-state index in [0.29, 0.717) is 5.92 Å². The predicted molar refractivity (Wildman–Crippen MR) is 81.7 cm³/mol. The van der Waals surface area contributed by atoms with Crippen LogP contribution in [0.25, 0.3) is 0 Å². The minimum absolute atomic E-state index is 0.178. The highest BCUT2D eigenvalue weighted by atomic mass is 79.9. The SMILES string of the molecule is CC(C)(C)OC(=O)N1C[C@H]2C[C@@]2(c2ccc(Br)cc2)C1. The third kappa shape index (κ3) is 2.46. The molecule has 0 radical (unpaired) electrons. The lowest BCUT2D eigenvalue weighted by atomic mass is 9.95. The van der Waals surface area contributed by atoms with Crippen molar-refractivity contribution in [3.8, 4) is 0 Å². The number of amides is 1. The van der Waals surface area contributed by atoms with E-state index in [1.54, 1.807) is 0 Å². The second-order valence-corrected chi connectivity index (χ2v) is 7.84. The fraction of sp³-hybridized carbons (Fsp3) is 0.562. The largest absolute Gasteiger partial charge is 0.444 e. The summed E-state index contributed by atoms with van der Waals surface area (Å²) in [7, 11) is 0. The van der Waals surface area contributed by atoms with Crippen molar-refractivity contribution in [2.24, 2.45) is 5.92 Å². The number of ether oxygens (including phenoxy) is 1. The van der Waals surface area contributed by atoms with Gasteiger partial charge in [0.15, 0.2) is 0 Å². The molecular formula is C16H20BrNO2. The molecular weight excluding hydrogens is 318 g/mol. The fourth-order valence-electron chi connectivity index (χ4n) is 3.18. The van der Waals surface area contributed by atoms with Gasteiger partial charge in [0.25, 0.3) is 0 Å². The van der Waals surface area contributed by atoms with E-state index in [2.05, 4.69) is 40.2 Å². The third-order valence-electron chi connectivity index (χ3n) is 4.22. The van der Waals surface area contributed by atoms with Gasteiger partial charge in [0.2, 0.25) is 0 Å². The average molecular weight is 338 g/mol. The number of carbonyl (C=O) groups excluding carboxylic acids is 1. The van der Waals surface area contributed by atoms with E-state index in [1.165, 1.54) is 12.0 Å². The number of halogens is 1. The van der Waals surface area contributed by atoms with Gasteiger partial charge < -0.3 is 9.64 Å². The molecule has 1 aromatic rings. The number of hydrogen-bond acceptors (Lipinski definition) is 2. The molecule has 2 atom stereocenters. The Morgan fingerprint density at radius 1 is 1.35 bits per heavy atom. The highest BCUT2D eigenvalue weighted by molar-refractivity contribution is 9.10. The first-order valence-electron chi connectivity index (χ1n) is 7.04. The smallest absolute Gasteiger partial charge is 0.410 e. The van der Waals surface area contributed by atoms with Gasteiger partial charge in [-0.25, -0.2) is 4.79 Å². The molecule has 4 heteroatoms. The zero-order valence-corrected chi connectivity index (χ0v) is 13.7. The molecule has 0 aromatic heterocycles. The summed E-state index contributed by atoms with van der Waals surface area (Å²) in [4.78, 5) is 14.0. The van der Waals surface area contributed by atoms with Gasteiger partial charge in [-0.2, -0.15) is 0 Å². The van der Waals surface area contributed by atoms with Gasteiger partial charge >= 0.3 is 6.09 Å². The molecule has 0 unspecified atom stereocenters. The fourth-order valence-corrected chi connectivity index (χ4v) is 3.44. The van der Waals surface area contributed by atoms with Crippen molar-refractivity contribution < 1.29 is 9.53 Å². The Hall–Kier alpha value is -1.03. The van der Waals surface area contributed by atoms with E-state index in [-0.39, 0.29) is 11.5 Å². The van der Waals surface area contributed by atoms with Crippen LogP contribution < -0.4 is 0 Å². The maximum absolute atomic E-state index is 12.2. The molecule has 0 bridgehead atoms. The summed E-state index contributed by atoms with van der Waals surface area (Å²) in [6.45, 7) is 7.34. The van der Waals surface area contributed by atoms with Crippen molar-refractivity contribution in [1.29, 1.82) is 0 Å². The van der Waals surface area contributed by atoms with Gasteiger partial charge in [0.1, 0.15) is 5.60 Å². The van der Waals surface area contributed by atoms with Crippen molar-refractivity contribution in [1.82, 2.24) is 4.90 Å². The normalized spacial score (nSPS) is 28.2. The summed E-state index contributed by atoms with van der Waals surface area (Å²) in [5.74, 6) is 0.594. The molecule has 108 valence electrons. The van der Waals surface area contributed by atoms with Crippen LogP contribution in [-0.2, 0) is 10.2 Å². The van der Waals surface area contributed by atoms with E-state index < -0.39 is 5.60 Å². The highest BCUT2D eigenvalue weighted by Gasteiger charge is 2.62. The Bertz CT molecular complexity index is 534. The molecule has 1 aliphatic carbocycles. The molecule has 3 nitrogen and oxygen atoms in total. The molecule has 1 aromatic carbocycles. The number of nitrogens with zero attached hydrogens (tertiary/aromatic N) is 1. The standard InChI is InChI=1S/C16H20BrNO2/c1-15(2,3)20-14(19)18-9-12-8-16(12,10-18)11-4-6-13(17)7-5-11/h4-7,12H,8-10H2,1-3H3/t12-,16+/m1/s1. The summed E-state index contributed by atoms with van der Waals surface area (Å²) in [5.41, 5.74) is 1.10. The lowest BCUT2D eigenvalue weighted by molar-refractivity contribution is 0.0270. The van der Waals surface area contributed by atoms with Crippen LogP contribution in [0, 0.1) is 5.92 Å². The van der Waals surface area contributed by atoms with E-state index >= 15 is 0 Å². The third-order valence-corrected chi connectivity index (χ3v) is 4.75. The lowest BCUT2D eigenvalue weighted by Crippen LogP contribution is -2.37. The van der Waals surface area contributed by atoms with Crippen LogP contribution in [0.1, 0.15) is 32.8 Å². The Kier molecular flexibility index (Phi) is 3.12. The topological polar surface area (TPSA) is 29.5 Å². The van der Waals surface area contributed by atoms with Gasteiger partial charge in [0, 0.05) is 23.0 Å². The Labute approximate surface area is 128 Å². The Morgan fingerprint density at radius 2 is 2.00 bits per heavy atom. The van der Waals surface area contributed by atoms with Crippen LogP contribution in [0.4, 0.5) is 4.79 Å². The van der Waals surface area contributed by atoms with Crippen LogP contribution in [0.15, 0.2) is 28.7 Å². The Balaban J connectivity index is 1.71. The molecule has 0 spiro atoms. The molecule has 1 saturated heterocycles. The average Bonchev–Trinajstić information content (AvgIpc) is 2.90. The van der Waals surface area contributed by atoms with Gasteiger partial charge in [-0.15, -0.1) is 0 Å². The molecule has 20 heavy (non-hydrogen) atoms. The monoisotopic (exact) mass is 337 g/mol. The second kappa shape index (κ2) is 4.48. The van der Waals surface area contributed by atoms with E-state index in [0.717, 1.165) is 17.6 Å². The number of carbonyl (C=O) groups is 1. The number of rotatable bonds is 1. The first-order valence-corrected chi connectivity index (χ1v) is 7.83. The minimum Gasteiger partial charge on any atom is -0.444 e. The summed E-state index contributed by atoms with van der Waals surface area (Å²) >= 11 is 3.47. The van der Waals surface area contributed by atoms with Crippen LogP contribution in [0.3, 0.4) is 0 Å². The van der Waals surface area contributed by atoms with E-state index in [1.807, 2.05) is 25.7 Å². The predicted octanol–water partition coefficient (Wildman–Crippen LogP) is 3.96. The molecule has 3 rings (SSSR count). The molecule has 0 N–H and O–H groups in total. The maximum Gasteiger partial charge on any atom is 0.410 e. The van der Waals surface area contributed by atoms with Gasteiger partial charge in [0.05, 0.1) is 0 Å². The van der Waals surface area contributed by atoms with Gasteiger partial charge in [-0.3, -0.25) is 0 Å². The quantitative estimate of drug-likeness (QED) is 0.776. The summed E-state index contributed by atoms with van der Waals surface area (Å²) < 4.78 is 6.56. The highest BCUT2D eigenvalue weighted by Crippen LogP contribution is 2.59. The summed E-state index contributed by atoms with van der Waals surface area (Å²) in [5, 5.41) is 0. The molecule has 1 heterocycles. The van der Waals surface area contributed by atoms with E-state index in [4.69, 9.17) is 4.74 Å². The first kappa shape index (κ1) is 13.9. The molecule has 1 saturated carbocycles. The maximum atomic E-state index is 12.2. The number of likely N-dealkylation sites (tertiary alicyclic amines) is 1. The lowest BCUT2D eigenvalue weighted by Gasteiger charge is -2.26. The number of hydrogen-bond donors (Lipinski definition) is 0. The Morgan fingerprint density at radius 3 is 2.60 bits per heavy atom.